The molecule has 1 aromatic carbocycles. The average molecular weight is 291 g/mol. The summed E-state index contributed by atoms with van der Waals surface area (Å²) in [6.07, 6.45) is 0. The first kappa shape index (κ1) is 12.4. The molecule has 5 heteroatoms. The SMILES string of the molecule is COC(=O)C(Br)CSc1ccccc1O. The lowest BCUT2D eigenvalue weighted by molar-refractivity contribution is -0.139. The lowest BCUT2D eigenvalue weighted by atomic mass is 10.3. The Morgan fingerprint density at radius 1 is 1.60 bits per heavy atom. The molecule has 1 aromatic rings. The minimum Gasteiger partial charge on any atom is -0.507 e. The molecule has 0 heterocycles. The van der Waals surface area contributed by atoms with Gasteiger partial charge in [-0.15, -0.1) is 11.8 Å². The van der Waals surface area contributed by atoms with Gasteiger partial charge < -0.3 is 9.84 Å². The first-order valence-electron chi connectivity index (χ1n) is 4.28. The number of carbonyl (C=O) groups excluding carboxylic acids is 1. The number of alkyl halides is 1. The highest BCUT2D eigenvalue weighted by Crippen LogP contribution is 2.29. The second-order valence-corrected chi connectivity index (χ2v) is 4.94. The van der Waals surface area contributed by atoms with E-state index in [-0.39, 0.29) is 16.5 Å². The molecule has 0 bridgehead atoms. The first-order chi connectivity index (χ1) is 7.15. The summed E-state index contributed by atoms with van der Waals surface area (Å²) < 4.78 is 4.57. The van der Waals surface area contributed by atoms with Gasteiger partial charge in [-0.05, 0) is 12.1 Å². The number of ether oxygens (including phenoxy) is 1. The number of phenols is 1. The molecule has 0 aliphatic carbocycles. The number of halogens is 1. The van der Waals surface area contributed by atoms with Gasteiger partial charge in [0.05, 0.1) is 7.11 Å². The Morgan fingerprint density at radius 2 is 2.27 bits per heavy atom. The minimum absolute atomic E-state index is 0.229. The van der Waals surface area contributed by atoms with Gasteiger partial charge >= 0.3 is 5.97 Å². The number of aromatic hydroxyl groups is 1. The zero-order valence-electron chi connectivity index (χ0n) is 8.14. The molecular weight excluding hydrogens is 280 g/mol. The van der Waals surface area contributed by atoms with Crippen LogP contribution in [-0.4, -0.2) is 28.8 Å². The number of thioether (sulfide) groups is 1. The number of hydrogen-bond acceptors (Lipinski definition) is 4. The number of methoxy groups -OCH3 is 1. The van der Waals surface area contributed by atoms with E-state index in [9.17, 15) is 9.90 Å². The van der Waals surface area contributed by atoms with Gasteiger partial charge in [-0.3, -0.25) is 4.79 Å². The lowest BCUT2D eigenvalue weighted by Gasteiger charge is -2.07. The van der Waals surface area contributed by atoms with E-state index in [2.05, 4.69) is 20.7 Å². The van der Waals surface area contributed by atoms with Crippen molar-refractivity contribution < 1.29 is 14.6 Å². The summed E-state index contributed by atoms with van der Waals surface area (Å²) >= 11 is 4.61. The Hall–Kier alpha value is -0.680. The van der Waals surface area contributed by atoms with Crippen LogP contribution < -0.4 is 0 Å². The summed E-state index contributed by atoms with van der Waals surface area (Å²) in [5, 5.41) is 9.47. The summed E-state index contributed by atoms with van der Waals surface area (Å²) in [6.45, 7) is 0. The molecule has 1 unspecified atom stereocenters. The third kappa shape index (κ3) is 3.76. The van der Waals surface area contributed by atoms with E-state index in [1.54, 1.807) is 18.2 Å². The predicted octanol–water partition coefficient (Wildman–Crippen LogP) is 2.42. The fraction of sp³-hybridized carbons (Fsp3) is 0.300. The third-order valence-corrected chi connectivity index (χ3v) is 3.99. The van der Waals surface area contributed by atoms with Gasteiger partial charge in [-0.25, -0.2) is 0 Å². The molecule has 0 saturated heterocycles. The lowest BCUT2D eigenvalue weighted by Crippen LogP contribution is -2.17. The highest BCUT2D eigenvalue weighted by Gasteiger charge is 2.15. The van der Waals surface area contributed by atoms with Crippen molar-refractivity contribution in [2.75, 3.05) is 12.9 Å². The topological polar surface area (TPSA) is 46.5 Å². The molecular formula is C10H11BrO3S. The Labute approximate surface area is 101 Å². The van der Waals surface area contributed by atoms with Crippen LogP contribution in [-0.2, 0) is 9.53 Å². The molecule has 0 saturated carbocycles. The van der Waals surface area contributed by atoms with Crippen LogP contribution in [0.5, 0.6) is 5.75 Å². The summed E-state index contributed by atoms with van der Waals surface area (Å²) in [5.74, 6) is 0.439. The number of phenolic OH excluding ortho intramolecular Hbond substituents is 1. The van der Waals surface area contributed by atoms with Crippen LogP contribution in [0.1, 0.15) is 0 Å². The molecule has 0 amide bonds. The minimum atomic E-state index is -0.355. The number of benzene rings is 1. The zero-order chi connectivity index (χ0) is 11.3. The first-order valence-corrected chi connectivity index (χ1v) is 6.18. The standard InChI is InChI=1S/C10H11BrO3S/c1-14-10(13)7(11)6-15-9-5-3-2-4-8(9)12/h2-5,7,12H,6H2,1H3. The summed E-state index contributed by atoms with van der Waals surface area (Å²) in [4.78, 5) is 11.5. The largest absolute Gasteiger partial charge is 0.507 e. The molecule has 0 fully saturated rings. The van der Waals surface area contributed by atoms with Gasteiger partial charge in [-0.2, -0.15) is 0 Å². The number of hydrogen-bond donors (Lipinski definition) is 1. The number of para-hydroxylation sites is 1. The summed E-state index contributed by atoms with van der Waals surface area (Å²) in [7, 11) is 1.35. The van der Waals surface area contributed by atoms with Crippen LogP contribution in [0.2, 0.25) is 0 Å². The second kappa shape index (κ2) is 6.02. The van der Waals surface area contributed by atoms with Gasteiger partial charge in [-0.1, -0.05) is 28.1 Å². The molecule has 0 aliphatic heterocycles. The molecule has 0 aromatic heterocycles. The third-order valence-electron chi connectivity index (χ3n) is 1.71. The maximum absolute atomic E-state index is 11.1. The number of esters is 1. The molecule has 1 atom stereocenters. The Bertz CT molecular complexity index is 343. The van der Waals surface area contributed by atoms with Crippen molar-refractivity contribution in [1.82, 2.24) is 0 Å². The van der Waals surface area contributed by atoms with Crippen LogP contribution in [0.15, 0.2) is 29.2 Å². The van der Waals surface area contributed by atoms with E-state index in [0.717, 1.165) is 4.90 Å². The van der Waals surface area contributed by atoms with Crippen LogP contribution in [0, 0.1) is 0 Å². The van der Waals surface area contributed by atoms with Crippen molar-refractivity contribution in [3.8, 4) is 5.75 Å². The van der Waals surface area contributed by atoms with Crippen LogP contribution in [0.3, 0.4) is 0 Å². The van der Waals surface area contributed by atoms with Crippen LogP contribution in [0.25, 0.3) is 0 Å². The van der Waals surface area contributed by atoms with E-state index < -0.39 is 0 Å². The van der Waals surface area contributed by atoms with Crippen molar-refractivity contribution in [3.63, 3.8) is 0 Å². The van der Waals surface area contributed by atoms with E-state index >= 15 is 0 Å². The maximum atomic E-state index is 11.1. The normalized spacial score (nSPS) is 12.1. The van der Waals surface area contributed by atoms with Crippen molar-refractivity contribution in [3.05, 3.63) is 24.3 Å². The predicted molar refractivity (Wildman–Crippen MR) is 63.6 cm³/mol. The van der Waals surface area contributed by atoms with E-state index in [1.807, 2.05) is 6.07 Å². The molecule has 0 aliphatic rings. The van der Waals surface area contributed by atoms with Gasteiger partial charge in [0.25, 0.3) is 0 Å². The van der Waals surface area contributed by atoms with Crippen molar-refractivity contribution in [1.29, 1.82) is 0 Å². The maximum Gasteiger partial charge on any atom is 0.320 e. The number of carbonyl (C=O) groups is 1. The van der Waals surface area contributed by atoms with Gasteiger partial charge in [0, 0.05) is 10.6 Å². The highest BCUT2D eigenvalue weighted by atomic mass is 79.9. The molecule has 0 radical (unpaired) electrons. The zero-order valence-corrected chi connectivity index (χ0v) is 10.5. The van der Waals surface area contributed by atoms with Gasteiger partial charge in [0.2, 0.25) is 0 Å². The average Bonchev–Trinajstić information content (AvgIpc) is 2.26. The molecule has 3 nitrogen and oxygen atoms in total. The molecule has 1 rings (SSSR count). The quantitative estimate of drug-likeness (QED) is 0.526. The summed E-state index contributed by atoms with van der Waals surface area (Å²) in [6, 6.07) is 7.01. The Balaban J connectivity index is 2.50. The fourth-order valence-corrected chi connectivity index (χ4v) is 2.37. The van der Waals surface area contributed by atoms with Gasteiger partial charge in [0.1, 0.15) is 10.6 Å². The Kier molecular flexibility index (Phi) is 4.98. The summed E-state index contributed by atoms with van der Waals surface area (Å²) in [5.41, 5.74) is 0. The van der Waals surface area contributed by atoms with E-state index in [1.165, 1.54) is 18.9 Å². The van der Waals surface area contributed by atoms with Crippen molar-refractivity contribution in [2.24, 2.45) is 0 Å². The molecule has 82 valence electrons. The molecule has 15 heavy (non-hydrogen) atoms. The second-order valence-electron chi connectivity index (χ2n) is 2.77. The van der Waals surface area contributed by atoms with Gasteiger partial charge in [0.15, 0.2) is 0 Å². The monoisotopic (exact) mass is 290 g/mol. The van der Waals surface area contributed by atoms with Crippen LogP contribution in [0.4, 0.5) is 0 Å². The van der Waals surface area contributed by atoms with Crippen LogP contribution >= 0.6 is 27.7 Å². The van der Waals surface area contributed by atoms with Crippen molar-refractivity contribution >= 4 is 33.7 Å². The number of rotatable bonds is 4. The van der Waals surface area contributed by atoms with E-state index in [0.29, 0.717) is 5.75 Å². The fourth-order valence-electron chi connectivity index (χ4n) is 0.938. The van der Waals surface area contributed by atoms with E-state index in [4.69, 9.17) is 0 Å². The van der Waals surface area contributed by atoms with Crippen molar-refractivity contribution in [2.45, 2.75) is 9.72 Å². The smallest absolute Gasteiger partial charge is 0.320 e. The Morgan fingerprint density at radius 3 is 2.87 bits per heavy atom. The highest BCUT2D eigenvalue weighted by molar-refractivity contribution is 9.10. The molecule has 1 N–H and O–H groups in total. The molecule has 0 spiro atoms.